The summed E-state index contributed by atoms with van der Waals surface area (Å²) in [6.07, 6.45) is 3.17. The number of pyridine rings is 1. The lowest BCUT2D eigenvalue weighted by atomic mass is 10.1. The van der Waals surface area contributed by atoms with Crippen LogP contribution in [0.5, 0.6) is 0 Å². The molecule has 0 unspecified atom stereocenters. The number of nitrogens with zero attached hydrogens (tertiary/aromatic N) is 1. The average molecular weight is 341 g/mol. The molecule has 0 aliphatic rings. The molecule has 0 radical (unpaired) electrons. The van der Waals surface area contributed by atoms with Gasteiger partial charge in [-0.15, -0.1) is 0 Å². The second-order valence-electron chi connectivity index (χ2n) is 6.80. The Morgan fingerprint density at radius 3 is 2.50 bits per heavy atom. The van der Waals surface area contributed by atoms with Crippen molar-refractivity contribution in [2.45, 2.75) is 26.2 Å². The number of unbranched alkanes of at least 4 members (excludes halogenated alkanes) is 1. The molecule has 0 bridgehead atoms. The second-order valence-corrected chi connectivity index (χ2v) is 6.80. The van der Waals surface area contributed by atoms with E-state index in [-0.39, 0.29) is 5.63 Å². The minimum absolute atomic E-state index is 0.268. The number of aromatic nitrogens is 1. The van der Waals surface area contributed by atoms with Crippen LogP contribution in [0.15, 0.2) is 69.9 Å². The molecule has 3 nitrogen and oxygen atoms in total. The van der Waals surface area contributed by atoms with E-state index in [4.69, 9.17) is 4.42 Å². The lowest BCUT2D eigenvalue weighted by molar-refractivity contribution is 0.573. The van der Waals surface area contributed by atoms with Crippen LogP contribution >= 0.6 is 0 Å². The molecule has 0 fully saturated rings. The Balaban J connectivity index is 2.09. The summed E-state index contributed by atoms with van der Waals surface area (Å²) < 4.78 is 8.10. The predicted molar refractivity (Wildman–Crippen MR) is 107 cm³/mol. The molecule has 0 N–H and O–H groups in total. The van der Waals surface area contributed by atoms with Gasteiger partial charge in [-0.1, -0.05) is 55.8 Å². The van der Waals surface area contributed by atoms with Crippen molar-refractivity contribution in [3.8, 4) is 0 Å². The first kappa shape index (κ1) is 15.2. The third-order valence-corrected chi connectivity index (χ3v) is 5.24. The van der Waals surface area contributed by atoms with Gasteiger partial charge in [0.2, 0.25) is 0 Å². The number of fused-ring (bicyclic) bond motifs is 7. The lowest BCUT2D eigenvalue weighted by Crippen LogP contribution is -1.99. The van der Waals surface area contributed by atoms with E-state index in [1.807, 2.05) is 24.3 Å². The zero-order chi connectivity index (χ0) is 17.7. The molecule has 128 valence electrons. The molecule has 0 aliphatic heterocycles. The van der Waals surface area contributed by atoms with Crippen molar-refractivity contribution in [3.63, 3.8) is 0 Å². The van der Waals surface area contributed by atoms with Crippen molar-refractivity contribution in [2.75, 3.05) is 0 Å². The van der Waals surface area contributed by atoms with Crippen LogP contribution in [0, 0.1) is 0 Å². The van der Waals surface area contributed by atoms with Crippen molar-refractivity contribution in [1.29, 1.82) is 0 Å². The summed E-state index contributed by atoms with van der Waals surface area (Å²) in [5, 5.41) is 3.89. The van der Waals surface area contributed by atoms with Crippen LogP contribution in [-0.2, 0) is 6.42 Å². The molecule has 0 atom stereocenters. The zero-order valence-corrected chi connectivity index (χ0v) is 14.7. The second kappa shape index (κ2) is 5.73. The maximum absolute atomic E-state index is 12.5. The fourth-order valence-electron chi connectivity index (χ4n) is 4.03. The topological polar surface area (TPSA) is 34.6 Å². The Bertz CT molecular complexity index is 1340. The summed E-state index contributed by atoms with van der Waals surface area (Å²) in [4.78, 5) is 12.5. The van der Waals surface area contributed by atoms with Gasteiger partial charge in [-0.05, 0) is 36.4 Å². The van der Waals surface area contributed by atoms with E-state index in [0.29, 0.717) is 11.0 Å². The Kier molecular flexibility index (Phi) is 3.35. The van der Waals surface area contributed by atoms with Gasteiger partial charge in [0.05, 0.1) is 16.4 Å². The van der Waals surface area contributed by atoms with Gasteiger partial charge in [0.25, 0.3) is 0 Å². The number of para-hydroxylation sites is 1. The van der Waals surface area contributed by atoms with Gasteiger partial charge in [0.1, 0.15) is 0 Å². The van der Waals surface area contributed by atoms with Crippen LogP contribution in [0.4, 0.5) is 0 Å². The summed E-state index contributed by atoms with van der Waals surface area (Å²) in [6.45, 7) is 2.20. The lowest BCUT2D eigenvalue weighted by Gasteiger charge is -2.07. The summed E-state index contributed by atoms with van der Waals surface area (Å²) in [5.41, 5.74) is 3.78. The summed E-state index contributed by atoms with van der Waals surface area (Å²) >= 11 is 0. The fourth-order valence-corrected chi connectivity index (χ4v) is 4.03. The van der Waals surface area contributed by atoms with Crippen LogP contribution in [0.2, 0.25) is 0 Å². The van der Waals surface area contributed by atoms with Gasteiger partial charge in [0.15, 0.2) is 5.58 Å². The van der Waals surface area contributed by atoms with Gasteiger partial charge in [-0.3, -0.25) is 0 Å². The summed E-state index contributed by atoms with van der Waals surface area (Å²) in [5.74, 6) is 0. The van der Waals surface area contributed by atoms with E-state index in [0.717, 1.165) is 41.1 Å². The smallest absolute Gasteiger partial charge is 0.344 e. The molecular weight excluding hydrogens is 322 g/mol. The highest BCUT2D eigenvalue weighted by Crippen LogP contribution is 2.34. The SMILES string of the molecule is CCCCc1c2c3ccccc3c(=O)oc2c2ccc3ccccc3n12. The maximum atomic E-state index is 12.5. The molecule has 26 heavy (non-hydrogen) atoms. The minimum atomic E-state index is -0.268. The standard InChI is InChI=1S/C23H19NO2/c1-2-3-11-19-21-16-9-5-6-10-17(16)23(25)26-22(21)20-14-13-15-8-4-7-12-18(15)24(19)20/h4-10,12-14H,2-3,11H2,1H3. The molecule has 2 aromatic carbocycles. The molecule has 0 saturated carbocycles. The molecule has 3 heteroatoms. The monoisotopic (exact) mass is 341 g/mol. The zero-order valence-electron chi connectivity index (χ0n) is 14.7. The number of aryl methyl sites for hydroxylation is 1. The molecule has 0 saturated heterocycles. The maximum Gasteiger partial charge on any atom is 0.344 e. The van der Waals surface area contributed by atoms with Crippen molar-refractivity contribution in [2.24, 2.45) is 0 Å². The third kappa shape index (κ3) is 2.03. The number of hydrogen-bond donors (Lipinski definition) is 0. The van der Waals surface area contributed by atoms with E-state index >= 15 is 0 Å². The van der Waals surface area contributed by atoms with Crippen LogP contribution in [-0.4, -0.2) is 4.40 Å². The van der Waals surface area contributed by atoms with Gasteiger partial charge in [0, 0.05) is 16.5 Å². The molecular formula is C23H19NO2. The molecule has 0 spiro atoms. The molecule has 3 heterocycles. The Morgan fingerprint density at radius 1 is 0.885 bits per heavy atom. The van der Waals surface area contributed by atoms with E-state index in [1.165, 1.54) is 11.1 Å². The van der Waals surface area contributed by atoms with E-state index in [1.54, 1.807) is 0 Å². The fraction of sp³-hybridized carbons (Fsp3) is 0.174. The predicted octanol–water partition coefficient (Wildman–Crippen LogP) is 5.69. The van der Waals surface area contributed by atoms with Crippen LogP contribution in [0.25, 0.3) is 38.2 Å². The highest BCUT2D eigenvalue weighted by molar-refractivity contribution is 6.12. The number of benzene rings is 2. The van der Waals surface area contributed by atoms with Crippen LogP contribution in [0.3, 0.4) is 0 Å². The molecule has 0 aliphatic carbocycles. The Labute approximate surface area is 150 Å². The highest BCUT2D eigenvalue weighted by Gasteiger charge is 2.19. The van der Waals surface area contributed by atoms with Crippen molar-refractivity contribution < 1.29 is 4.42 Å². The number of hydrogen-bond acceptors (Lipinski definition) is 2. The van der Waals surface area contributed by atoms with Gasteiger partial charge in [-0.25, -0.2) is 4.79 Å². The number of rotatable bonds is 3. The Hall–Kier alpha value is -3.07. The van der Waals surface area contributed by atoms with E-state index in [9.17, 15) is 4.79 Å². The summed E-state index contributed by atoms with van der Waals surface area (Å²) in [7, 11) is 0. The molecule has 0 amide bonds. The highest BCUT2D eigenvalue weighted by atomic mass is 16.4. The largest absolute Gasteiger partial charge is 0.420 e. The van der Waals surface area contributed by atoms with Crippen molar-refractivity contribution in [1.82, 2.24) is 4.40 Å². The van der Waals surface area contributed by atoms with Gasteiger partial charge >= 0.3 is 5.63 Å². The van der Waals surface area contributed by atoms with E-state index < -0.39 is 0 Å². The molecule has 5 rings (SSSR count). The first-order valence-electron chi connectivity index (χ1n) is 9.16. The first-order valence-corrected chi connectivity index (χ1v) is 9.16. The van der Waals surface area contributed by atoms with Gasteiger partial charge < -0.3 is 8.82 Å². The van der Waals surface area contributed by atoms with E-state index in [2.05, 4.69) is 47.7 Å². The Morgan fingerprint density at radius 2 is 1.65 bits per heavy atom. The molecule has 5 aromatic rings. The van der Waals surface area contributed by atoms with Crippen molar-refractivity contribution in [3.05, 3.63) is 76.8 Å². The quantitative estimate of drug-likeness (QED) is 0.422. The third-order valence-electron chi connectivity index (χ3n) is 5.24. The van der Waals surface area contributed by atoms with Crippen molar-refractivity contribution >= 4 is 38.2 Å². The average Bonchev–Trinajstić information content (AvgIpc) is 3.00. The first-order chi connectivity index (χ1) is 12.8. The van der Waals surface area contributed by atoms with Crippen LogP contribution < -0.4 is 5.63 Å². The normalized spacial score (nSPS) is 11.9. The minimum Gasteiger partial charge on any atom is -0.420 e. The van der Waals surface area contributed by atoms with Crippen LogP contribution in [0.1, 0.15) is 25.5 Å². The molecule has 3 aromatic heterocycles. The van der Waals surface area contributed by atoms with Gasteiger partial charge in [-0.2, -0.15) is 0 Å². The summed E-state index contributed by atoms with van der Waals surface area (Å²) in [6, 6.07) is 20.3.